The van der Waals surface area contributed by atoms with Gasteiger partial charge in [0.15, 0.2) is 0 Å². The molecule has 2 aromatic heterocycles. The van der Waals surface area contributed by atoms with E-state index in [-0.39, 0.29) is 29.4 Å². The van der Waals surface area contributed by atoms with E-state index in [2.05, 4.69) is 15.4 Å². The van der Waals surface area contributed by atoms with E-state index in [4.69, 9.17) is 13.9 Å². The van der Waals surface area contributed by atoms with Crippen molar-refractivity contribution >= 4 is 11.8 Å². The maximum atomic E-state index is 12.7. The van der Waals surface area contributed by atoms with Gasteiger partial charge in [0.05, 0.1) is 5.69 Å². The van der Waals surface area contributed by atoms with Gasteiger partial charge in [0.25, 0.3) is 5.91 Å². The molecule has 28 heavy (non-hydrogen) atoms. The fourth-order valence-electron chi connectivity index (χ4n) is 3.32. The van der Waals surface area contributed by atoms with Gasteiger partial charge in [-0.15, -0.1) is 10.1 Å². The van der Waals surface area contributed by atoms with Crippen molar-refractivity contribution in [3.05, 3.63) is 41.8 Å². The zero-order valence-corrected chi connectivity index (χ0v) is 16.1. The molecule has 0 atom stereocenters. The lowest BCUT2D eigenvalue weighted by Crippen LogP contribution is -2.32. The highest BCUT2D eigenvalue weighted by molar-refractivity contribution is 5.93. The third-order valence-corrected chi connectivity index (χ3v) is 4.81. The van der Waals surface area contributed by atoms with Gasteiger partial charge in [0.1, 0.15) is 5.75 Å². The summed E-state index contributed by atoms with van der Waals surface area (Å²) < 4.78 is 18.3. The molecule has 148 valence electrons. The number of hydrogen-bond donors (Lipinski definition) is 1. The van der Waals surface area contributed by atoms with Gasteiger partial charge in [0.2, 0.25) is 5.76 Å². The zero-order chi connectivity index (χ0) is 19.5. The van der Waals surface area contributed by atoms with E-state index in [9.17, 15) is 4.79 Å². The number of carbonyl (C=O) groups excluding carboxylic acids is 1. The average Bonchev–Trinajstić information content (AvgIpc) is 3.24. The summed E-state index contributed by atoms with van der Waals surface area (Å²) in [5.41, 5.74) is 0.676. The van der Waals surface area contributed by atoms with Crippen molar-refractivity contribution in [3.8, 4) is 11.8 Å². The highest BCUT2D eigenvalue weighted by atomic mass is 16.5. The smallest absolute Gasteiger partial charge is 0.344 e. The standard InChI is InChI=1S/C20H24N4O4/c1-13(2)16-17(18(25)21-12-14-8-10-26-11-9-14)28-20-22-19(23-24(16)20)27-15-6-4-3-5-7-15/h3-7,13-14H,8-12H2,1-2H3,(H,21,25). The van der Waals surface area contributed by atoms with Crippen LogP contribution in [0.25, 0.3) is 5.84 Å². The van der Waals surface area contributed by atoms with Crippen LogP contribution in [0.5, 0.6) is 11.8 Å². The fraction of sp³-hybridized carbons (Fsp3) is 0.450. The van der Waals surface area contributed by atoms with Crippen molar-refractivity contribution < 1.29 is 18.7 Å². The summed E-state index contributed by atoms with van der Waals surface area (Å²) in [7, 11) is 0. The van der Waals surface area contributed by atoms with Gasteiger partial charge in [0, 0.05) is 19.8 Å². The van der Waals surface area contributed by atoms with Crippen molar-refractivity contribution in [2.75, 3.05) is 19.8 Å². The molecule has 1 saturated heterocycles. The SMILES string of the molecule is CC(C)c1c(C(=O)NCC2CCOCC2)oc2nc(Oc3ccccc3)nn12. The molecular formula is C20H24N4O4. The molecule has 3 heterocycles. The number of aromatic nitrogens is 3. The summed E-state index contributed by atoms with van der Waals surface area (Å²) in [6.07, 6.45) is 1.92. The Labute approximate surface area is 162 Å². The molecule has 0 radical (unpaired) electrons. The van der Waals surface area contributed by atoms with Crippen molar-refractivity contribution in [2.45, 2.75) is 32.6 Å². The lowest BCUT2D eigenvalue weighted by molar-refractivity contribution is 0.0638. The Bertz CT molecular complexity index is 942. The molecule has 3 aromatic rings. The topological polar surface area (TPSA) is 90.9 Å². The van der Waals surface area contributed by atoms with Crippen LogP contribution in [0.1, 0.15) is 48.9 Å². The first-order valence-electron chi connectivity index (χ1n) is 9.60. The third kappa shape index (κ3) is 3.87. The number of ether oxygens (including phenoxy) is 2. The molecule has 1 aromatic carbocycles. The first kappa shape index (κ1) is 18.5. The van der Waals surface area contributed by atoms with Gasteiger partial charge in [-0.25, -0.2) is 0 Å². The van der Waals surface area contributed by atoms with Crippen LogP contribution in [-0.4, -0.2) is 40.3 Å². The maximum Gasteiger partial charge on any atom is 0.344 e. The normalized spacial score (nSPS) is 15.2. The molecule has 0 bridgehead atoms. The predicted octanol–water partition coefficient (Wildman–Crippen LogP) is 3.39. The summed E-state index contributed by atoms with van der Waals surface area (Å²) >= 11 is 0. The number of amides is 1. The minimum absolute atomic E-state index is 0.0244. The number of para-hydroxylation sites is 1. The van der Waals surface area contributed by atoms with E-state index >= 15 is 0 Å². The molecule has 1 amide bonds. The highest BCUT2D eigenvalue weighted by Crippen LogP contribution is 2.26. The van der Waals surface area contributed by atoms with Crippen molar-refractivity contribution in [3.63, 3.8) is 0 Å². The Morgan fingerprint density at radius 1 is 1.29 bits per heavy atom. The Morgan fingerprint density at radius 2 is 2.04 bits per heavy atom. The largest absolute Gasteiger partial charge is 0.423 e. The van der Waals surface area contributed by atoms with Crippen LogP contribution >= 0.6 is 0 Å². The number of nitrogens with zero attached hydrogens (tertiary/aromatic N) is 3. The molecular weight excluding hydrogens is 360 g/mol. The minimum Gasteiger partial charge on any atom is -0.423 e. The molecule has 4 rings (SSSR count). The van der Waals surface area contributed by atoms with E-state index in [0.29, 0.717) is 23.9 Å². The van der Waals surface area contributed by atoms with Crippen LogP contribution in [0, 0.1) is 5.92 Å². The fourth-order valence-corrected chi connectivity index (χ4v) is 3.32. The van der Waals surface area contributed by atoms with Crippen molar-refractivity contribution in [2.24, 2.45) is 5.92 Å². The lowest BCUT2D eigenvalue weighted by atomic mass is 10.0. The highest BCUT2D eigenvalue weighted by Gasteiger charge is 2.26. The predicted molar refractivity (Wildman–Crippen MR) is 102 cm³/mol. The lowest BCUT2D eigenvalue weighted by Gasteiger charge is -2.22. The molecule has 0 aliphatic carbocycles. The van der Waals surface area contributed by atoms with Gasteiger partial charge >= 0.3 is 11.9 Å². The summed E-state index contributed by atoms with van der Waals surface area (Å²) in [4.78, 5) is 17.0. The number of oxazole rings is 1. The summed E-state index contributed by atoms with van der Waals surface area (Å²) in [5, 5.41) is 7.36. The van der Waals surface area contributed by atoms with Crippen LogP contribution in [-0.2, 0) is 4.74 Å². The van der Waals surface area contributed by atoms with Crippen LogP contribution in [0.2, 0.25) is 0 Å². The molecule has 0 spiro atoms. The Balaban J connectivity index is 1.53. The monoisotopic (exact) mass is 384 g/mol. The minimum atomic E-state index is -0.243. The van der Waals surface area contributed by atoms with E-state index in [1.54, 1.807) is 4.52 Å². The Hall–Kier alpha value is -2.87. The van der Waals surface area contributed by atoms with Crippen LogP contribution < -0.4 is 10.1 Å². The first-order chi connectivity index (χ1) is 13.6. The Morgan fingerprint density at radius 3 is 2.75 bits per heavy atom. The summed E-state index contributed by atoms with van der Waals surface area (Å²) in [6, 6.07) is 9.47. The van der Waals surface area contributed by atoms with Crippen LogP contribution in [0.4, 0.5) is 0 Å². The van der Waals surface area contributed by atoms with Crippen molar-refractivity contribution in [1.82, 2.24) is 19.9 Å². The maximum absolute atomic E-state index is 12.7. The number of carbonyl (C=O) groups is 1. The van der Waals surface area contributed by atoms with Crippen LogP contribution in [0.3, 0.4) is 0 Å². The van der Waals surface area contributed by atoms with E-state index in [1.165, 1.54) is 0 Å². The molecule has 8 nitrogen and oxygen atoms in total. The molecule has 0 unspecified atom stereocenters. The van der Waals surface area contributed by atoms with E-state index in [0.717, 1.165) is 26.1 Å². The van der Waals surface area contributed by atoms with Gasteiger partial charge in [-0.2, -0.15) is 4.52 Å². The number of nitrogens with one attached hydrogen (secondary N) is 1. The van der Waals surface area contributed by atoms with Gasteiger partial charge < -0.3 is 19.2 Å². The van der Waals surface area contributed by atoms with Gasteiger partial charge in [-0.05, 0) is 36.8 Å². The zero-order valence-electron chi connectivity index (χ0n) is 16.1. The number of benzene rings is 1. The van der Waals surface area contributed by atoms with E-state index in [1.807, 2.05) is 44.2 Å². The number of rotatable bonds is 6. The molecule has 8 heteroatoms. The van der Waals surface area contributed by atoms with E-state index < -0.39 is 0 Å². The third-order valence-electron chi connectivity index (χ3n) is 4.81. The molecule has 1 fully saturated rings. The molecule has 0 saturated carbocycles. The second-order valence-electron chi connectivity index (χ2n) is 7.24. The summed E-state index contributed by atoms with van der Waals surface area (Å²) in [5.74, 6) is 1.35. The second-order valence-corrected chi connectivity index (χ2v) is 7.24. The quantitative estimate of drug-likeness (QED) is 0.700. The van der Waals surface area contributed by atoms with Gasteiger partial charge in [-0.1, -0.05) is 32.0 Å². The number of hydrogen-bond acceptors (Lipinski definition) is 6. The molecule has 1 N–H and O–H groups in total. The Kier molecular flexibility index (Phi) is 5.29. The van der Waals surface area contributed by atoms with Crippen LogP contribution in [0.15, 0.2) is 34.7 Å². The summed E-state index contributed by atoms with van der Waals surface area (Å²) in [6.45, 7) is 6.08. The molecule has 1 aliphatic heterocycles. The number of fused-ring (bicyclic) bond motifs is 1. The molecule has 1 aliphatic rings. The van der Waals surface area contributed by atoms with Gasteiger partial charge in [-0.3, -0.25) is 4.79 Å². The average molecular weight is 384 g/mol. The first-order valence-corrected chi connectivity index (χ1v) is 9.60. The van der Waals surface area contributed by atoms with Crippen molar-refractivity contribution in [1.29, 1.82) is 0 Å². The second kappa shape index (κ2) is 8.02.